The maximum absolute atomic E-state index is 13.7. The van der Waals surface area contributed by atoms with Crippen molar-refractivity contribution in [3.05, 3.63) is 0 Å². The maximum atomic E-state index is 13.7. The van der Waals surface area contributed by atoms with E-state index in [1.807, 2.05) is 0 Å². The Kier molecular flexibility index (Phi) is 2.96. The molecule has 4 saturated carbocycles. The van der Waals surface area contributed by atoms with E-state index < -0.39 is 10.8 Å². The van der Waals surface area contributed by atoms with Crippen LogP contribution in [0.25, 0.3) is 0 Å². The van der Waals surface area contributed by atoms with Crippen LogP contribution in [0.1, 0.15) is 78.1 Å². The van der Waals surface area contributed by atoms with Gasteiger partial charge in [0.1, 0.15) is 5.78 Å². The zero-order chi connectivity index (χ0) is 16.0. The summed E-state index contributed by atoms with van der Waals surface area (Å²) in [5.41, 5.74) is 0.826. The topological polar surface area (TPSA) is 34.1 Å². The molecule has 6 fully saturated rings. The van der Waals surface area contributed by atoms with Crippen molar-refractivity contribution >= 4 is 16.6 Å². The van der Waals surface area contributed by atoms with Gasteiger partial charge in [-0.1, -0.05) is 13.8 Å². The van der Waals surface area contributed by atoms with Gasteiger partial charge < -0.3 is 0 Å². The van der Waals surface area contributed by atoms with Gasteiger partial charge in [-0.15, -0.1) is 0 Å². The molecule has 6 rings (SSSR count). The highest BCUT2D eigenvalue weighted by molar-refractivity contribution is 7.86. The summed E-state index contributed by atoms with van der Waals surface area (Å²) in [6.45, 7) is 4.91. The second-order valence-electron chi connectivity index (χ2n) is 10.6. The summed E-state index contributed by atoms with van der Waals surface area (Å²) in [5.74, 6) is 1.63. The summed E-state index contributed by atoms with van der Waals surface area (Å²) in [7, 11) is -0.636. The molecule has 0 amide bonds. The third kappa shape index (κ3) is 2.10. The van der Waals surface area contributed by atoms with E-state index in [-0.39, 0.29) is 11.3 Å². The van der Waals surface area contributed by atoms with Crippen LogP contribution in [0.3, 0.4) is 0 Å². The molecule has 3 heteroatoms. The fraction of sp³-hybridized carbons (Fsp3) is 0.950. The predicted octanol–water partition coefficient (Wildman–Crippen LogP) is 4.24. The first-order valence-electron chi connectivity index (χ1n) is 9.74. The Bertz CT molecular complexity index is 562. The molecular weight excluding hydrogens is 304 g/mol. The SMILES string of the molecule is CC12CC3CC(C)(C1)CC(C(=O)C1CC4CCC(C1)S4=O)(C3)C2. The number of rotatable bonds is 2. The lowest BCUT2D eigenvalue weighted by molar-refractivity contribution is -0.172. The minimum atomic E-state index is -0.636. The van der Waals surface area contributed by atoms with E-state index in [1.165, 1.54) is 25.7 Å². The first-order chi connectivity index (χ1) is 10.8. The van der Waals surface area contributed by atoms with Gasteiger partial charge in [0.05, 0.1) is 0 Å². The van der Waals surface area contributed by atoms with E-state index in [1.54, 1.807) is 0 Å². The number of hydrogen-bond acceptors (Lipinski definition) is 2. The van der Waals surface area contributed by atoms with Crippen molar-refractivity contribution in [2.45, 2.75) is 88.6 Å². The lowest BCUT2D eigenvalue weighted by atomic mass is 9.39. The van der Waals surface area contributed by atoms with Gasteiger partial charge in [-0.3, -0.25) is 9.00 Å². The number of hydrogen-bond donors (Lipinski definition) is 0. The van der Waals surface area contributed by atoms with Crippen LogP contribution in [0.2, 0.25) is 0 Å². The predicted molar refractivity (Wildman–Crippen MR) is 92.5 cm³/mol. The fourth-order valence-corrected chi connectivity index (χ4v) is 10.5. The van der Waals surface area contributed by atoms with Crippen LogP contribution in [0.4, 0.5) is 0 Å². The number of fused-ring (bicyclic) bond motifs is 2. The van der Waals surface area contributed by atoms with Gasteiger partial charge in [0, 0.05) is 32.6 Å². The molecule has 4 atom stereocenters. The zero-order valence-corrected chi connectivity index (χ0v) is 15.4. The highest BCUT2D eigenvalue weighted by Crippen LogP contribution is 2.70. The van der Waals surface area contributed by atoms with Crippen LogP contribution >= 0.6 is 0 Å². The standard InChI is InChI=1S/C20H30O2S/c1-18-7-13-8-19(2,10-18)12-20(9-13,11-18)17(21)14-5-15-3-4-16(6-14)23(15)22/h13-16H,3-12H2,1-2H3. The van der Waals surface area contributed by atoms with Crippen molar-refractivity contribution in [1.29, 1.82) is 0 Å². The summed E-state index contributed by atoms with van der Waals surface area (Å²) in [4.78, 5) is 13.7. The number of ketones is 1. The van der Waals surface area contributed by atoms with Gasteiger partial charge in [-0.05, 0) is 81.0 Å². The van der Waals surface area contributed by atoms with Crippen molar-refractivity contribution in [2.24, 2.45) is 28.1 Å². The Balaban J connectivity index is 1.45. The van der Waals surface area contributed by atoms with Crippen LogP contribution in [0, 0.1) is 28.1 Å². The van der Waals surface area contributed by atoms with Crippen LogP contribution in [-0.4, -0.2) is 20.5 Å². The number of carbonyl (C=O) groups excluding carboxylic acids is 1. The molecule has 0 aromatic carbocycles. The summed E-state index contributed by atoms with van der Waals surface area (Å²) >= 11 is 0. The molecule has 4 unspecified atom stereocenters. The summed E-state index contributed by atoms with van der Waals surface area (Å²) in [6.07, 6.45) is 11.6. The molecule has 2 nitrogen and oxygen atoms in total. The molecule has 2 heterocycles. The van der Waals surface area contributed by atoms with Crippen LogP contribution < -0.4 is 0 Å². The highest BCUT2D eigenvalue weighted by atomic mass is 32.2. The normalized spacial score (nSPS) is 60.2. The molecule has 0 aromatic rings. The second kappa shape index (κ2) is 4.51. The lowest BCUT2D eigenvalue weighted by Crippen LogP contribution is -2.59. The Morgan fingerprint density at radius 2 is 1.48 bits per heavy atom. The van der Waals surface area contributed by atoms with E-state index in [4.69, 9.17) is 0 Å². The minimum absolute atomic E-state index is 0.00808. The lowest BCUT2D eigenvalue weighted by Gasteiger charge is -2.65. The second-order valence-corrected chi connectivity index (χ2v) is 12.6. The summed E-state index contributed by atoms with van der Waals surface area (Å²) < 4.78 is 12.3. The molecule has 6 bridgehead atoms. The fourth-order valence-electron chi connectivity index (χ4n) is 8.40. The number of Topliss-reactive ketones (excluding diaryl/α,β-unsaturated/α-hetero) is 1. The molecule has 2 saturated heterocycles. The van der Waals surface area contributed by atoms with Gasteiger partial charge in [-0.25, -0.2) is 0 Å². The molecule has 128 valence electrons. The molecule has 23 heavy (non-hydrogen) atoms. The third-order valence-electron chi connectivity index (χ3n) is 8.08. The van der Waals surface area contributed by atoms with Crippen molar-refractivity contribution in [3.63, 3.8) is 0 Å². The average Bonchev–Trinajstić information content (AvgIpc) is 2.66. The molecular formula is C20H30O2S. The molecule has 4 aliphatic carbocycles. The van der Waals surface area contributed by atoms with Gasteiger partial charge >= 0.3 is 0 Å². The van der Waals surface area contributed by atoms with E-state index >= 15 is 0 Å². The Morgan fingerprint density at radius 1 is 0.913 bits per heavy atom. The van der Waals surface area contributed by atoms with Gasteiger partial charge in [0.25, 0.3) is 0 Å². The van der Waals surface area contributed by atoms with Crippen LogP contribution in [0.5, 0.6) is 0 Å². The quantitative estimate of drug-likeness (QED) is 0.757. The first-order valence-corrected chi connectivity index (χ1v) is 11.0. The molecule has 2 aliphatic heterocycles. The molecule has 6 aliphatic rings. The van der Waals surface area contributed by atoms with Crippen LogP contribution in [-0.2, 0) is 15.6 Å². The van der Waals surface area contributed by atoms with E-state index in [0.717, 1.165) is 44.4 Å². The maximum Gasteiger partial charge on any atom is 0.142 e. The number of carbonyl (C=O) groups is 1. The Labute approximate surface area is 142 Å². The highest BCUT2D eigenvalue weighted by Gasteiger charge is 2.63. The van der Waals surface area contributed by atoms with E-state index in [9.17, 15) is 9.00 Å². The zero-order valence-electron chi connectivity index (χ0n) is 14.6. The Morgan fingerprint density at radius 3 is 2.00 bits per heavy atom. The van der Waals surface area contributed by atoms with E-state index in [2.05, 4.69) is 13.8 Å². The molecule has 0 radical (unpaired) electrons. The van der Waals surface area contributed by atoms with Gasteiger partial charge in [0.15, 0.2) is 0 Å². The molecule has 0 spiro atoms. The van der Waals surface area contributed by atoms with Gasteiger partial charge in [-0.2, -0.15) is 0 Å². The Hall–Kier alpha value is -0.180. The largest absolute Gasteiger partial charge is 0.299 e. The minimum Gasteiger partial charge on any atom is -0.299 e. The van der Waals surface area contributed by atoms with Crippen molar-refractivity contribution in [3.8, 4) is 0 Å². The molecule has 0 aromatic heterocycles. The van der Waals surface area contributed by atoms with Crippen molar-refractivity contribution in [1.82, 2.24) is 0 Å². The summed E-state index contributed by atoms with van der Waals surface area (Å²) in [5, 5.41) is 0.672. The smallest absolute Gasteiger partial charge is 0.142 e. The van der Waals surface area contributed by atoms with E-state index in [0.29, 0.717) is 27.1 Å². The van der Waals surface area contributed by atoms with Crippen molar-refractivity contribution in [2.75, 3.05) is 0 Å². The van der Waals surface area contributed by atoms with Gasteiger partial charge in [0.2, 0.25) is 0 Å². The van der Waals surface area contributed by atoms with Crippen molar-refractivity contribution < 1.29 is 9.00 Å². The third-order valence-corrected chi connectivity index (χ3v) is 10.3. The average molecular weight is 335 g/mol. The molecule has 0 N–H and O–H groups in total. The summed E-state index contributed by atoms with van der Waals surface area (Å²) in [6, 6.07) is 0. The monoisotopic (exact) mass is 334 g/mol. The first kappa shape index (κ1) is 15.1. The van der Waals surface area contributed by atoms with Crippen LogP contribution in [0.15, 0.2) is 0 Å².